The lowest BCUT2D eigenvalue weighted by Crippen LogP contribution is -2.32. The average Bonchev–Trinajstić information content (AvgIpc) is 2.24. The molecule has 1 fully saturated rings. The van der Waals surface area contributed by atoms with Crippen LogP contribution >= 0.6 is 11.6 Å². The molecule has 100 valence electrons. The van der Waals surface area contributed by atoms with Crippen LogP contribution in [0.25, 0.3) is 0 Å². The number of halogens is 2. The Morgan fingerprint density at radius 3 is 2.18 bits per heavy atom. The zero-order valence-corrected chi connectivity index (χ0v) is 10.9. The summed E-state index contributed by atoms with van der Waals surface area (Å²) in [6, 6.07) is -0.783. The van der Waals surface area contributed by atoms with E-state index in [0.717, 1.165) is 38.5 Å². The van der Waals surface area contributed by atoms with Crippen molar-refractivity contribution in [1.29, 1.82) is 0 Å². The van der Waals surface area contributed by atoms with Crippen LogP contribution in [0.4, 0.5) is 4.39 Å². The first-order valence-electron chi connectivity index (χ1n) is 6.53. The van der Waals surface area contributed by atoms with Crippen LogP contribution in [-0.4, -0.2) is 22.5 Å². The van der Waals surface area contributed by atoms with E-state index >= 15 is 0 Å². The first-order chi connectivity index (χ1) is 8.11. The summed E-state index contributed by atoms with van der Waals surface area (Å²) in [5.41, 5.74) is 0. The lowest BCUT2D eigenvalue weighted by Gasteiger charge is -2.18. The van der Waals surface area contributed by atoms with Crippen LogP contribution in [0, 0.1) is 10.1 Å². The van der Waals surface area contributed by atoms with Crippen molar-refractivity contribution in [1.82, 2.24) is 0 Å². The Bertz CT molecular complexity index is 241. The molecule has 3 unspecified atom stereocenters. The van der Waals surface area contributed by atoms with Gasteiger partial charge in [-0.15, -0.1) is 11.6 Å². The molecule has 1 aliphatic rings. The summed E-state index contributed by atoms with van der Waals surface area (Å²) in [7, 11) is 0. The molecule has 3 nitrogen and oxygen atoms in total. The van der Waals surface area contributed by atoms with E-state index in [1.165, 1.54) is 0 Å². The molecule has 0 aromatic heterocycles. The van der Waals surface area contributed by atoms with Crippen molar-refractivity contribution in [2.45, 2.75) is 75.4 Å². The molecule has 5 heteroatoms. The highest BCUT2D eigenvalue weighted by atomic mass is 35.5. The Balaban J connectivity index is 2.53. The third-order valence-corrected chi connectivity index (χ3v) is 3.91. The molecule has 1 aliphatic carbocycles. The number of nitrogens with zero attached hydrogens (tertiary/aromatic N) is 1. The maximum Gasteiger partial charge on any atom is 0.229 e. The third kappa shape index (κ3) is 5.66. The molecule has 17 heavy (non-hydrogen) atoms. The summed E-state index contributed by atoms with van der Waals surface area (Å²) in [6.45, 7) is 0. The third-order valence-electron chi connectivity index (χ3n) is 3.44. The summed E-state index contributed by atoms with van der Waals surface area (Å²) < 4.78 is 13.6. The van der Waals surface area contributed by atoms with Crippen LogP contribution in [0.3, 0.4) is 0 Å². The molecular formula is C12H21ClFNO2. The maximum absolute atomic E-state index is 13.6. The van der Waals surface area contributed by atoms with Crippen LogP contribution in [-0.2, 0) is 0 Å². The number of alkyl halides is 2. The van der Waals surface area contributed by atoms with Gasteiger partial charge in [-0.1, -0.05) is 32.1 Å². The minimum atomic E-state index is -0.987. The summed E-state index contributed by atoms with van der Waals surface area (Å²) >= 11 is 5.99. The first kappa shape index (κ1) is 14.7. The van der Waals surface area contributed by atoms with E-state index < -0.39 is 17.6 Å². The van der Waals surface area contributed by atoms with Gasteiger partial charge in [-0.05, 0) is 12.8 Å². The van der Waals surface area contributed by atoms with E-state index in [4.69, 9.17) is 11.6 Å². The van der Waals surface area contributed by atoms with E-state index in [1.807, 2.05) is 0 Å². The molecule has 0 N–H and O–H groups in total. The molecule has 1 rings (SSSR count). The highest BCUT2D eigenvalue weighted by Gasteiger charge is 2.31. The van der Waals surface area contributed by atoms with E-state index in [0.29, 0.717) is 12.8 Å². The Labute approximate surface area is 107 Å². The molecule has 0 aromatic rings. The minimum absolute atomic E-state index is 0.118. The molecular weight excluding hydrogens is 245 g/mol. The largest absolute Gasteiger partial charge is 0.264 e. The number of hydrogen-bond donors (Lipinski definition) is 0. The van der Waals surface area contributed by atoms with Gasteiger partial charge in [-0.3, -0.25) is 10.1 Å². The van der Waals surface area contributed by atoms with E-state index in [2.05, 4.69) is 0 Å². The van der Waals surface area contributed by atoms with Gasteiger partial charge in [0.2, 0.25) is 6.04 Å². The monoisotopic (exact) mass is 265 g/mol. The van der Waals surface area contributed by atoms with Gasteiger partial charge in [-0.2, -0.15) is 0 Å². The zero-order valence-electron chi connectivity index (χ0n) is 10.1. The Morgan fingerprint density at radius 1 is 1.06 bits per heavy atom. The summed E-state index contributed by atoms with van der Waals surface area (Å²) in [6.07, 6.45) is 6.08. The van der Waals surface area contributed by atoms with Gasteiger partial charge in [-0.25, -0.2) is 4.39 Å². The maximum atomic E-state index is 13.6. The fraction of sp³-hybridized carbons (Fsp3) is 1.00. The van der Waals surface area contributed by atoms with Crippen molar-refractivity contribution in [3.8, 4) is 0 Å². The molecule has 0 spiro atoms. The van der Waals surface area contributed by atoms with Crippen molar-refractivity contribution >= 4 is 11.6 Å². The highest BCUT2D eigenvalue weighted by molar-refractivity contribution is 6.21. The molecule has 1 saturated carbocycles. The molecule has 0 radical (unpaired) electrons. The predicted octanol–water partition coefficient (Wildman–Crippen LogP) is 4.10. The van der Waals surface area contributed by atoms with Crippen molar-refractivity contribution < 1.29 is 9.31 Å². The first-order valence-corrected chi connectivity index (χ1v) is 6.96. The second kappa shape index (κ2) is 7.85. The van der Waals surface area contributed by atoms with Gasteiger partial charge in [0.15, 0.2) is 0 Å². The summed E-state index contributed by atoms with van der Waals surface area (Å²) in [4.78, 5) is 10.5. The summed E-state index contributed by atoms with van der Waals surface area (Å²) in [5, 5.41) is 10.2. The molecule has 0 saturated heterocycles. The lowest BCUT2D eigenvalue weighted by atomic mass is 9.97. The van der Waals surface area contributed by atoms with Crippen molar-refractivity contribution in [2.75, 3.05) is 0 Å². The topological polar surface area (TPSA) is 43.1 Å². The van der Waals surface area contributed by atoms with Crippen LogP contribution in [0.5, 0.6) is 0 Å². The second-order valence-corrected chi connectivity index (χ2v) is 5.46. The minimum Gasteiger partial charge on any atom is -0.264 e. The number of hydrogen-bond acceptors (Lipinski definition) is 2. The van der Waals surface area contributed by atoms with Gasteiger partial charge >= 0.3 is 0 Å². The van der Waals surface area contributed by atoms with Crippen LogP contribution in [0.1, 0.15) is 57.8 Å². The Morgan fingerprint density at radius 2 is 1.59 bits per heavy atom. The molecule has 0 bridgehead atoms. The fourth-order valence-electron chi connectivity index (χ4n) is 2.36. The van der Waals surface area contributed by atoms with E-state index in [1.54, 1.807) is 0 Å². The summed E-state index contributed by atoms with van der Waals surface area (Å²) in [5.74, 6) is 0. The molecule has 0 amide bonds. The van der Waals surface area contributed by atoms with Gasteiger partial charge in [0.25, 0.3) is 0 Å². The normalized spacial score (nSPS) is 33.4. The van der Waals surface area contributed by atoms with Crippen LogP contribution in [0.2, 0.25) is 0 Å². The Hall–Kier alpha value is -0.380. The molecule has 3 atom stereocenters. The van der Waals surface area contributed by atoms with Gasteiger partial charge in [0, 0.05) is 17.8 Å². The number of rotatable bonds is 1. The van der Waals surface area contributed by atoms with Crippen LogP contribution in [0.15, 0.2) is 0 Å². The van der Waals surface area contributed by atoms with E-state index in [-0.39, 0.29) is 11.3 Å². The average molecular weight is 266 g/mol. The van der Waals surface area contributed by atoms with Crippen molar-refractivity contribution in [2.24, 2.45) is 0 Å². The zero-order chi connectivity index (χ0) is 12.7. The fourth-order valence-corrected chi connectivity index (χ4v) is 2.78. The number of nitro groups is 1. The van der Waals surface area contributed by atoms with Crippen LogP contribution < -0.4 is 0 Å². The van der Waals surface area contributed by atoms with Gasteiger partial charge in [0.05, 0.1) is 0 Å². The lowest BCUT2D eigenvalue weighted by molar-refractivity contribution is -0.523. The van der Waals surface area contributed by atoms with E-state index in [9.17, 15) is 14.5 Å². The molecule has 0 aliphatic heterocycles. The molecule has 0 aromatic carbocycles. The smallest absolute Gasteiger partial charge is 0.229 e. The second-order valence-electron chi connectivity index (χ2n) is 4.90. The standard InChI is InChI=1S/C12H21ClFNO2/c13-11-9-10(14)7-5-3-1-2-4-6-8-12(11)15(16)17/h10-12H,1-9H2. The SMILES string of the molecule is O=[N+]([O-])C1CCCCCCCCC(F)CC1Cl. The Kier molecular flexibility index (Phi) is 6.78. The predicted molar refractivity (Wildman–Crippen MR) is 66.9 cm³/mol. The van der Waals surface area contributed by atoms with Crippen molar-refractivity contribution in [3.63, 3.8) is 0 Å². The van der Waals surface area contributed by atoms with Gasteiger partial charge in [0.1, 0.15) is 11.5 Å². The van der Waals surface area contributed by atoms with Gasteiger partial charge < -0.3 is 0 Å². The highest BCUT2D eigenvalue weighted by Crippen LogP contribution is 2.24. The quantitative estimate of drug-likeness (QED) is 0.407. The molecule has 0 heterocycles. The van der Waals surface area contributed by atoms with Crippen molar-refractivity contribution in [3.05, 3.63) is 10.1 Å².